The van der Waals surface area contributed by atoms with Crippen molar-refractivity contribution in [3.8, 4) is 0 Å². The maximum absolute atomic E-state index is 12.3. The van der Waals surface area contributed by atoms with Crippen LogP contribution in [0.15, 0.2) is 18.2 Å². The van der Waals surface area contributed by atoms with E-state index in [4.69, 9.17) is 10.5 Å². The zero-order valence-electron chi connectivity index (χ0n) is 13.5. The molecule has 0 radical (unpaired) electrons. The molecular weight excluding hydrogens is 282 g/mol. The number of nitrogen functional groups attached to an aromatic ring is 1. The van der Waals surface area contributed by atoms with E-state index >= 15 is 0 Å². The number of nitrogens with two attached hydrogens (primary N) is 1. The summed E-state index contributed by atoms with van der Waals surface area (Å²) in [4.78, 5) is 12.3. The Bertz CT molecular complexity index is 687. The van der Waals surface area contributed by atoms with Gasteiger partial charge in [-0.3, -0.25) is 0 Å². The van der Waals surface area contributed by atoms with Gasteiger partial charge in [-0.2, -0.15) is 0 Å². The van der Waals surface area contributed by atoms with Crippen LogP contribution in [0.2, 0.25) is 0 Å². The molecule has 0 aliphatic carbocycles. The third-order valence-electron chi connectivity index (χ3n) is 3.19. The molecule has 2 aromatic rings. The van der Waals surface area contributed by atoms with Crippen LogP contribution < -0.4 is 5.73 Å². The molecule has 1 aromatic carbocycles. The molecule has 0 aliphatic heterocycles. The van der Waals surface area contributed by atoms with Gasteiger partial charge in [0.2, 0.25) is 0 Å². The average molecular weight is 305 g/mol. The Morgan fingerprint density at radius 3 is 2.29 bits per heavy atom. The quantitative estimate of drug-likeness (QED) is 0.774. The number of esters is 1. The molecule has 1 aromatic heterocycles. The summed E-state index contributed by atoms with van der Waals surface area (Å²) in [6, 6.07) is 6.15. The lowest BCUT2D eigenvalue weighted by Crippen LogP contribution is -2.24. The lowest BCUT2D eigenvalue weighted by molar-refractivity contribution is 0.00735. The van der Waals surface area contributed by atoms with E-state index in [2.05, 4.69) is 32.9 Å². The molecule has 0 unspecified atom stereocenters. The molecule has 0 atom stereocenters. The van der Waals surface area contributed by atoms with Crippen LogP contribution in [0.1, 0.15) is 57.5 Å². The minimum Gasteiger partial charge on any atom is -0.456 e. The predicted octanol–water partition coefficient (Wildman–Crippen LogP) is 4.74. The molecule has 114 valence electrons. The van der Waals surface area contributed by atoms with Gasteiger partial charge >= 0.3 is 5.97 Å². The fourth-order valence-corrected chi connectivity index (χ4v) is 3.12. The van der Waals surface area contributed by atoms with Gasteiger partial charge in [0, 0.05) is 10.1 Å². The Balaban J connectivity index is 2.52. The molecule has 0 aliphatic rings. The molecule has 3 nitrogen and oxygen atoms in total. The summed E-state index contributed by atoms with van der Waals surface area (Å²) >= 11 is 1.44. The van der Waals surface area contributed by atoms with E-state index in [0.29, 0.717) is 10.6 Å². The zero-order valence-corrected chi connectivity index (χ0v) is 14.4. The van der Waals surface area contributed by atoms with Crippen LogP contribution in [-0.4, -0.2) is 11.6 Å². The SMILES string of the molecule is CC(C)(C)OC(=O)c1c(N)sc2cc(C(C)(C)C)ccc12. The number of carbonyl (C=O) groups is 1. The second-order valence-electron chi connectivity index (χ2n) is 7.30. The largest absolute Gasteiger partial charge is 0.456 e. The van der Waals surface area contributed by atoms with Crippen LogP contribution in [0.4, 0.5) is 5.00 Å². The van der Waals surface area contributed by atoms with Crippen molar-refractivity contribution in [2.24, 2.45) is 0 Å². The second-order valence-corrected chi connectivity index (χ2v) is 8.39. The first-order chi connectivity index (χ1) is 9.49. The van der Waals surface area contributed by atoms with Gasteiger partial charge in [0.1, 0.15) is 16.2 Å². The molecule has 0 spiro atoms. The Morgan fingerprint density at radius 1 is 1.14 bits per heavy atom. The standard InChI is InChI=1S/C17H23NO2S/c1-16(2,3)10-7-8-11-12(9-10)21-14(18)13(11)15(19)20-17(4,5)6/h7-9H,18H2,1-6H3. The third-order valence-corrected chi connectivity index (χ3v) is 4.17. The van der Waals surface area contributed by atoms with Crippen molar-refractivity contribution in [2.45, 2.75) is 52.6 Å². The van der Waals surface area contributed by atoms with Gasteiger partial charge in [0.05, 0.1) is 0 Å². The van der Waals surface area contributed by atoms with Crippen molar-refractivity contribution >= 4 is 32.4 Å². The molecule has 0 saturated carbocycles. The second kappa shape index (κ2) is 5.02. The lowest BCUT2D eigenvalue weighted by atomic mass is 9.87. The minimum atomic E-state index is -0.525. The number of carbonyl (C=O) groups excluding carboxylic acids is 1. The molecule has 2 N–H and O–H groups in total. The maximum atomic E-state index is 12.3. The van der Waals surface area contributed by atoms with E-state index in [1.807, 2.05) is 26.8 Å². The number of hydrogen-bond acceptors (Lipinski definition) is 4. The van der Waals surface area contributed by atoms with Crippen molar-refractivity contribution in [2.75, 3.05) is 5.73 Å². The molecule has 1 heterocycles. The Morgan fingerprint density at radius 2 is 1.76 bits per heavy atom. The van der Waals surface area contributed by atoms with E-state index in [1.54, 1.807) is 0 Å². The van der Waals surface area contributed by atoms with Crippen LogP contribution in [0, 0.1) is 0 Å². The number of anilines is 1. The van der Waals surface area contributed by atoms with Crippen molar-refractivity contribution in [3.63, 3.8) is 0 Å². The number of fused-ring (bicyclic) bond motifs is 1. The van der Waals surface area contributed by atoms with Crippen molar-refractivity contribution in [3.05, 3.63) is 29.3 Å². The summed E-state index contributed by atoms with van der Waals surface area (Å²) < 4.78 is 6.48. The smallest absolute Gasteiger partial charge is 0.342 e. The lowest BCUT2D eigenvalue weighted by Gasteiger charge is -2.20. The third kappa shape index (κ3) is 3.38. The first-order valence-corrected chi connectivity index (χ1v) is 7.86. The first-order valence-electron chi connectivity index (χ1n) is 7.05. The highest BCUT2D eigenvalue weighted by molar-refractivity contribution is 7.23. The van der Waals surface area contributed by atoms with Crippen molar-refractivity contribution in [1.82, 2.24) is 0 Å². The van der Waals surface area contributed by atoms with E-state index in [0.717, 1.165) is 10.1 Å². The number of thiophene rings is 1. The number of ether oxygens (including phenoxy) is 1. The van der Waals surface area contributed by atoms with Crippen molar-refractivity contribution < 1.29 is 9.53 Å². The summed E-state index contributed by atoms with van der Waals surface area (Å²) in [6.45, 7) is 12.1. The number of benzene rings is 1. The molecule has 0 fully saturated rings. The Labute approximate surface area is 130 Å². The monoisotopic (exact) mass is 305 g/mol. The Kier molecular flexibility index (Phi) is 3.79. The van der Waals surface area contributed by atoms with Gasteiger partial charge in [-0.25, -0.2) is 4.79 Å². The summed E-state index contributed by atoms with van der Waals surface area (Å²) in [5.41, 5.74) is 7.31. The molecule has 0 bridgehead atoms. The van der Waals surface area contributed by atoms with E-state index in [1.165, 1.54) is 16.9 Å². The highest BCUT2D eigenvalue weighted by Gasteiger charge is 2.24. The fourth-order valence-electron chi connectivity index (χ4n) is 2.12. The van der Waals surface area contributed by atoms with Crippen LogP contribution in [0.5, 0.6) is 0 Å². The normalized spacial score (nSPS) is 12.7. The molecule has 21 heavy (non-hydrogen) atoms. The van der Waals surface area contributed by atoms with Crippen LogP contribution in [-0.2, 0) is 10.2 Å². The zero-order chi connectivity index (χ0) is 16.0. The van der Waals surface area contributed by atoms with Crippen LogP contribution in [0.25, 0.3) is 10.1 Å². The van der Waals surface area contributed by atoms with Gasteiger partial charge in [0.15, 0.2) is 0 Å². The highest BCUT2D eigenvalue weighted by Crippen LogP contribution is 2.37. The fraction of sp³-hybridized carbons (Fsp3) is 0.471. The van der Waals surface area contributed by atoms with Gasteiger partial charge in [0.25, 0.3) is 0 Å². The first kappa shape index (κ1) is 15.8. The topological polar surface area (TPSA) is 52.3 Å². The van der Waals surface area contributed by atoms with Crippen molar-refractivity contribution in [1.29, 1.82) is 0 Å². The number of hydrogen-bond donors (Lipinski definition) is 1. The summed E-state index contributed by atoms with van der Waals surface area (Å²) in [5, 5.41) is 1.39. The van der Waals surface area contributed by atoms with Gasteiger partial charge in [-0.15, -0.1) is 11.3 Å². The summed E-state index contributed by atoms with van der Waals surface area (Å²) in [7, 11) is 0. The maximum Gasteiger partial charge on any atom is 0.342 e. The van der Waals surface area contributed by atoms with Crippen LogP contribution >= 0.6 is 11.3 Å². The molecule has 0 saturated heterocycles. The minimum absolute atomic E-state index is 0.0685. The Hall–Kier alpha value is -1.55. The van der Waals surface area contributed by atoms with E-state index < -0.39 is 5.60 Å². The average Bonchev–Trinajstić information content (AvgIpc) is 2.59. The number of rotatable bonds is 1. The molecular formula is C17H23NO2S. The highest BCUT2D eigenvalue weighted by atomic mass is 32.1. The van der Waals surface area contributed by atoms with Gasteiger partial charge < -0.3 is 10.5 Å². The van der Waals surface area contributed by atoms with Crippen LogP contribution in [0.3, 0.4) is 0 Å². The summed E-state index contributed by atoms with van der Waals surface area (Å²) in [5.74, 6) is -0.352. The van der Waals surface area contributed by atoms with Gasteiger partial charge in [-0.1, -0.05) is 32.9 Å². The van der Waals surface area contributed by atoms with E-state index in [-0.39, 0.29) is 11.4 Å². The summed E-state index contributed by atoms with van der Waals surface area (Å²) in [6.07, 6.45) is 0. The predicted molar refractivity (Wildman–Crippen MR) is 90.1 cm³/mol. The molecule has 0 amide bonds. The van der Waals surface area contributed by atoms with E-state index in [9.17, 15) is 4.79 Å². The van der Waals surface area contributed by atoms with Gasteiger partial charge in [-0.05, 0) is 37.8 Å². The molecule has 2 rings (SSSR count). The molecule has 4 heteroatoms.